The van der Waals surface area contributed by atoms with Crippen LogP contribution in [0, 0.1) is 10.8 Å². The Labute approximate surface area is 84.1 Å². The Kier molecular flexibility index (Phi) is 4.11. The summed E-state index contributed by atoms with van der Waals surface area (Å²) in [4.78, 5) is 9.99. The van der Waals surface area contributed by atoms with Crippen LogP contribution in [0.5, 0.6) is 5.75 Å². The van der Waals surface area contributed by atoms with Crippen molar-refractivity contribution in [3.05, 3.63) is 34.7 Å². The van der Waals surface area contributed by atoms with Crippen LogP contribution in [0.1, 0.15) is 19.4 Å². The molecule has 0 spiro atoms. The minimum absolute atomic E-state index is 0.227. The fourth-order valence-corrected chi connectivity index (χ4v) is 1.03. The molecule has 0 bridgehead atoms. The third kappa shape index (κ3) is 3.56. The minimum atomic E-state index is 0.227. The summed E-state index contributed by atoms with van der Waals surface area (Å²) in [5, 5.41) is 2.82. The first-order valence-corrected chi connectivity index (χ1v) is 4.73. The van der Waals surface area contributed by atoms with E-state index in [2.05, 4.69) is 19.0 Å². The van der Waals surface area contributed by atoms with E-state index < -0.39 is 0 Å². The molecule has 1 rings (SSSR count). The maximum Gasteiger partial charge on any atom is 0.119 e. The molecule has 3 heteroatoms. The molecule has 76 valence electrons. The second-order valence-electron chi connectivity index (χ2n) is 3.64. The second-order valence-corrected chi connectivity index (χ2v) is 3.64. The molecule has 1 aromatic carbocycles. The molecule has 14 heavy (non-hydrogen) atoms. The van der Waals surface area contributed by atoms with E-state index >= 15 is 0 Å². The molecule has 1 aromatic rings. The van der Waals surface area contributed by atoms with Gasteiger partial charge in [0.25, 0.3) is 0 Å². The normalized spacial score (nSPS) is 10.2. The van der Waals surface area contributed by atoms with Gasteiger partial charge >= 0.3 is 0 Å². The topological polar surface area (TPSA) is 38.7 Å². The van der Waals surface area contributed by atoms with Crippen LogP contribution in [0.4, 0.5) is 0 Å². The van der Waals surface area contributed by atoms with Crippen LogP contribution in [0.2, 0.25) is 0 Å². The molecule has 0 atom stereocenters. The van der Waals surface area contributed by atoms with Gasteiger partial charge in [0.15, 0.2) is 0 Å². The van der Waals surface area contributed by atoms with Crippen LogP contribution < -0.4 is 4.74 Å². The van der Waals surface area contributed by atoms with E-state index in [0.717, 1.165) is 11.3 Å². The van der Waals surface area contributed by atoms with Crippen LogP contribution in [0.3, 0.4) is 0 Å². The highest BCUT2D eigenvalue weighted by Crippen LogP contribution is 2.13. The molecule has 0 unspecified atom stereocenters. The monoisotopic (exact) mass is 193 g/mol. The van der Waals surface area contributed by atoms with Gasteiger partial charge in [0.1, 0.15) is 12.3 Å². The summed E-state index contributed by atoms with van der Waals surface area (Å²) in [7, 11) is 0. The highest BCUT2D eigenvalue weighted by molar-refractivity contribution is 5.27. The van der Waals surface area contributed by atoms with Crippen molar-refractivity contribution in [2.24, 2.45) is 11.1 Å². The van der Waals surface area contributed by atoms with E-state index in [4.69, 9.17) is 4.74 Å². The average Bonchev–Trinajstić information content (AvgIpc) is 2.17. The van der Waals surface area contributed by atoms with Crippen molar-refractivity contribution in [1.29, 1.82) is 0 Å². The zero-order chi connectivity index (χ0) is 10.4. The van der Waals surface area contributed by atoms with Gasteiger partial charge in [-0.1, -0.05) is 31.2 Å². The van der Waals surface area contributed by atoms with Gasteiger partial charge in [-0.2, -0.15) is 4.91 Å². The van der Waals surface area contributed by atoms with Gasteiger partial charge in [-0.25, -0.2) is 0 Å². The molecule has 3 nitrogen and oxygen atoms in total. The lowest BCUT2D eigenvalue weighted by Crippen LogP contribution is -2.04. The highest BCUT2D eigenvalue weighted by Gasteiger charge is 1.97. The maximum absolute atomic E-state index is 9.99. The van der Waals surface area contributed by atoms with E-state index in [1.54, 1.807) is 0 Å². The summed E-state index contributed by atoms with van der Waals surface area (Å²) in [6, 6.07) is 7.44. The molecule has 0 N–H and O–H groups in total. The molecule has 0 saturated heterocycles. The zero-order valence-corrected chi connectivity index (χ0v) is 8.56. The molecule has 0 aromatic heterocycles. The van der Waals surface area contributed by atoms with Gasteiger partial charge in [0.05, 0.1) is 6.61 Å². The number of ether oxygens (including phenoxy) is 1. The fourth-order valence-electron chi connectivity index (χ4n) is 1.03. The van der Waals surface area contributed by atoms with Crippen LogP contribution in [-0.2, 0) is 6.54 Å². The number of hydrogen-bond donors (Lipinski definition) is 0. The maximum atomic E-state index is 9.99. The van der Waals surface area contributed by atoms with Crippen LogP contribution >= 0.6 is 0 Å². The van der Waals surface area contributed by atoms with E-state index in [1.165, 1.54) is 0 Å². The quantitative estimate of drug-likeness (QED) is 0.674. The molecule has 0 heterocycles. The van der Waals surface area contributed by atoms with Crippen molar-refractivity contribution in [1.82, 2.24) is 0 Å². The summed E-state index contributed by atoms with van der Waals surface area (Å²) < 4.78 is 5.49. The van der Waals surface area contributed by atoms with Gasteiger partial charge < -0.3 is 4.74 Å². The number of nitrogens with zero attached hydrogens (tertiary/aromatic N) is 1. The third-order valence-corrected chi connectivity index (χ3v) is 1.75. The standard InChI is InChI=1S/C11H15NO2/c1-9(2)8-14-11-5-3-10(4-6-11)7-12-13/h3-6,9H,7-8H2,1-2H3. The van der Waals surface area contributed by atoms with Gasteiger partial charge in [-0.05, 0) is 23.6 Å². The molecule has 0 aliphatic rings. The predicted octanol–water partition coefficient (Wildman–Crippen LogP) is 2.99. The first kappa shape index (κ1) is 10.7. The smallest absolute Gasteiger partial charge is 0.119 e. The van der Waals surface area contributed by atoms with Gasteiger partial charge in [0.2, 0.25) is 0 Å². The van der Waals surface area contributed by atoms with Gasteiger partial charge in [-0.3, -0.25) is 0 Å². The third-order valence-electron chi connectivity index (χ3n) is 1.75. The Hall–Kier alpha value is -1.38. The highest BCUT2D eigenvalue weighted by atomic mass is 16.5. The SMILES string of the molecule is CC(C)COc1ccc(CN=O)cc1. The Bertz CT molecular complexity index is 280. The molecule has 0 saturated carbocycles. The molecular weight excluding hydrogens is 178 g/mol. The van der Waals surface area contributed by atoms with Gasteiger partial charge in [-0.15, -0.1) is 0 Å². The first-order valence-electron chi connectivity index (χ1n) is 4.73. The molecular formula is C11H15NO2. The molecule has 0 fully saturated rings. The zero-order valence-electron chi connectivity index (χ0n) is 8.56. The van der Waals surface area contributed by atoms with Crippen LogP contribution in [-0.4, -0.2) is 6.61 Å². The lowest BCUT2D eigenvalue weighted by atomic mass is 10.2. The van der Waals surface area contributed by atoms with E-state index in [9.17, 15) is 4.91 Å². The second kappa shape index (κ2) is 5.37. The first-order chi connectivity index (χ1) is 6.72. The van der Waals surface area contributed by atoms with E-state index in [0.29, 0.717) is 12.5 Å². The van der Waals surface area contributed by atoms with Crippen molar-refractivity contribution in [2.45, 2.75) is 20.4 Å². The van der Waals surface area contributed by atoms with Crippen molar-refractivity contribution in [3.63, 3.8) is 0 Å². The average molecular weight is 193 g/mol. The Morgan fingerprint density at radius 1 is 1.29 bits per heavy atom. The number of nitroso groups, excluding NO2 is 1. The van der Waals surface area contributed by atoms with E-state index in [-0.39, 0.29) is 6.54 Å². The molecule has 0 aliphatic carbocycles. The van der Waals surface area contributed by atoms with E-state index in [1.807, 2.05) is 24.3 Å². The fraction of sp³-hybridized carbons (Fsp3) is 0.455. The Morgan fingerprint density at radius 3 is 2.43 bits per heavy atom. The summed E-state index contributed by atoms with van der Waals surface area (Å²) in [5.41, 5.74) is 0.914. The molecule has 0 radical (unpaired) electrons. The minimum Gasteiger partial charge on any atom is -0.493 e. The number of benzene rings is 1. The summed E-state index contributed by atoms with van der Waals surface area (Å²) >= 11 is 0. The van der Waals surface area contributed by atoms with Crippen molar-refractivity contribution in [3.8, 4) is 5.75 Å². The Balaban J connectivity index is 2.50. The summed E-state index contributed by atoms with van der Waals surface area (Å²) in [6.07, 6.45) is 0. The van der Waals surface area contributed by atoms with Crippen molar-refractivity contribution >= 4 is 0 Å². The molecule has 0 aliphatic heterocycles. The molecule has 0 amide bonds. The van der Waals surface area contributed by atoms with Crippen molar-refractivity contribution < 1.29 is 4.74 Å². The van der Waals surface area contributed by atoms with Crippen LogP contribution in [0.25, 0.3) is 0 Å². The Morgan fingerprint density at radius 2 is 1.93 bits per heavy atom. The summed E-state index contributed by atoms with van der Waals surface area (Å²) in [5.74, 6) is 1.36. The largest absolute Gasteiger partial charge is 0.493 e. The lowest BCUT2D eigenvalue weighted by molar-refractivity contribution is 0.271. The lowest BCUT2D eigenvalue weighted by Gasteiger charge is -2.08. The number of rotatable bonds is 5. The number of hydrogen-bond acceptors (Lipinski definition) is 3. The van der Waals surface area contributed by atoms with Crippen LogP contribution in [0.15, 0.2) is 29.4 Å². The predicted molar refractivity (Wildman–Crippen MR) is 56.3 cm³/mol. The van der Waals surface area contributed by atoms with Crippen molar-refractivity contribution in [2.75, 3.05) is 6.61 Å². The van der Waals surface area contributed by atoms with Gasteiger partial charge in [0, 0.05) is 0 Å². The summed E-state index contributed by atoms with van der Waals surface area (Å²) in [6.45, 7) is 5.14.